The summed E-state index contributed by atoms with van der Waals surface area (Å²) in [4.78, 5) is 0. The predicted molar refractivity (Wildman–Crippen MR) is 69.9 cm³/mol. The van der Waals surface area contributed by atoms with Gasteiger partial charge in [-0.05, 0) is 24.1 Å². The molecule has 2 atom stereocenters. The molecule has 0 saturated heterocycles. The van der Waals surface area contributed by atoms with Gasteiger partial charge in [-0.1, -0.05) is 25.5 Å². The first-order valence-corrected chi connectivity index (χ1v) is 6.24. The van der Waals surface area contributed by atoms with Crippen LogP contribution in [0.4, 0.5) is 0 Å². The summed E-state index contributed by atoms with van der Waals surface area (Å²) in [5.74, 6) is 0. The fraction of sp³-hybridized carbons (Fsp3) is 0.500. The Morgan fingerprint density at radius 2 is 1.89 bits per heavy atom. The first-order valence-electron chi connectivity index (χ1n) is 6.24. The average molecular weight is 248 g/mol. The topological polar surface area (TPSA) is 76.3 Å². The molecule has 0 amide bonds. The molecule has 1 aromatic rings. The van der Waals surface area contributed by atoms with Crippen molar-refractivity contribution >= 4 is 0 Å². The van der Waals surface area contributed by atoms with Crippen LogP contribution in [0.5, 0.6) is 0 Å². The van der Waals surface area contributed by atoms with Gasteiger partial charge in [0.2, 0.25) is 0 Å². The lowest BCUT2D eigenvalue weighted by molar-refractivity contribution is 0.140. The highest BCUT2D eigenvalue weighted by Gasteiger charge is 2.08. The summed E-state index contributed by atoms with van der Waals surface area (Å²) in [7, 11) is 0. The van der Waals surface area contributed by atoms with Gasteiger partial charge in [-0.15, -0.1) is 0 Å². The Morgan fingerprint density at radius 3 is 2.44 bits per heavy atom. The van der Waals surface area contributed by atoms with Gasteiger partial charge in [-0.25, -0.2) is 0 Å². The molecule has 3 N–H and O–H groups in total. The van der Waals surface area contributed by atoms with Gasteiger partial charge in [-0.3, -0.25) is 0 Å². The minimum atomic E-state index is -0.619. The van der Waals surface area contributed by atoms with Crippen molar-refractivity contribution in [2.24, 2.45) is 0 Å². The molecule has 0 fully saturated rings. The third-order valence-corrected chi connectivity index (χ3v) is 2.76. The molecular formula is C14H20N2O2. The number of aliphatic hydroxyl groups is 2. The standard InChI is InChI=1S/C14H20N2O2/c1-2-3-13(17)9-16-10-14(18)12-6-4-11(8-15)5-7-12/h4-7,13-14,16-18H,2-3,9-10H2,1H3. The lowest BCUT2D eigenvalue weighted by Crippen LogP contribution is -2.30. The Labute approximate surface area is 108 Å². The van der Waals surface area contributed by atoms with E-state index in [0.29, 0.717) is 18.7 Å². The third kappa shape index (κ3) is 4.84. The lowest BCUT2D eigenvalue weighted by atomic mass is 10.1. The fourth-order valence-corrected chi connectivity index (χ4v) is 1.72. The zero-order chi connectivity index (χ0) is 13.4. The summed E-state index contributed by atoms with van der Waals surface area (Å²) in [6.45, 7) is 2.91. The molecule has 0 aromatic heterocycles. The number of aliphatic hydroxyl groups excluding tert-OH is 2. The van der Waals surface area contributed by atoms with Gasteiger partial charge in [0.15, 0.2) is 0 Å². The van der Waals surface area contributed by atoms with Crippen molar-refractivity contribution in [2.45, 2.75) is 32.0 Å². The number of nitriles is 1. The van der Waals surface area contributed by atoms with Crippen LogP contribution < -0.4 is 5.32 Å². The molecule has 4 nitrogen and oxygen atoms in total. The zero-order valence-corrected chi connectivity index (χ0v) is 10.6. The number of benzene rings is 1. The molecule has 0 aliphatic heterocycles. The molecule has 0 radical (unpaired) electrons. The highest BCUT2D eigenvalue weighted by atomic mass is 16.3. The summed E-state index contributed by atoms with van der Waals surface area (Å²) < 4.78 is 0. The summed E-state index contributed by atoms with van der Waals surface area (Å²) in [5, 5.41) is 31.1. The molecule has 1 rings (SSSR count). The van der Waals surface area contributed by atoms with Crippen LogP contribution >= 0.6 is 0 Å². The molecular weight excluding hydrogens is 228 g/mol. The molecule has 98 valence electrons. The number of hydrogen-bond donors (Lipinski definition) is 3. The van der Waals surface area contributed by atoms with E-state index >= 15 is 0 Å². The molecule has 4 heteroatoms. The molecule has 0 spiro atoms. The molecule has 0 aliphatic carbocycles. The average Bonchev–Trinajstić information content (AvgIpc) is 2.39. The van der Waals surface area contributed by atoms with Crippen molar-refractivity contribution in [2.75, 3.05) is 13.1 Å². The van der Waals surface area contributed by atoms with Crippen molar-refractivity contribution in [3.63, 3.8) is 0 Å². The Morgan fingerprint density at radius 1 is 1.22 bits per heavy atom. The summed E-state index contributed by atoms with van der Waals surface area (Å²) in [6, 6.07) is 8.89. The summed E-state index contributed by atoms with van der Waals surface area (Å²) in [5.41, 5.74) is 1.35. The van der Waals surface area contributed by atoms with Crippen LogP contribution in [0.15, 0.2) is 24.3 Å². The second-order valence-corrected chi connectivity index (χ2v) is 4.35. The minimum absolute atomic E-state index is 0.358. The van der Waals surface area contributed by atoms with Crippen LogP contribution in [0.25, 0.3) is 0 Å². The molecule has 1 aromatic carbocycles. The van der Waals surface area contributed by atoms with Gasteiger partial charge < -0.3 is 15.5 Å². The van der Waals surface area contributed by atoms with Crippen LogP contribution in [-0.4, -0.2) is 29.4 Å². The maximum absolute atomic E-state index is 9.90. The van der Waals surface area contributed by atoms with Crippen LogP contribution in [-0.2, 0) is 0 Å². The van der Waals surface area contributed by atoms with E-state index in [1.165, 1.54) is 0 Å². The van der Waals surface area contributed by atoms with Gasteiger partial charge >= 0.3 is 0 Å². The number of nitrogens with one attached hydrogen (secondary N) is 1. The lowest BCUT2D eigenvalue weighted by Gasteiger charge is -2.14. The van der Waals surface area contributed by atoms with Crippen molar-refractivity contribution in [1.29, 1.82) is 5.26 Å². The van der Waals surface area contributed by atoms with E-state index in [9.17, 15) is 10.2 Å². The van der Waals surface area contributed by atoms with E-state index < -0.39 is 6.10 Å². The second-order valence-electron chi connectivity index (χ2n) is 4.35. The van der Waals surface area contributed by atoms with E-state index in [1.807, 2.05) is 13.0 Å². The van der Waals surface area contributed by atoms with Gasteiger partial charge in [0.1, 0.15) is 0 Å². The maximum Gasteiger partial charge on any atom is 0.0991 e. The minimum Gasteiger partial charge on any atom is -0.392 e. The van der Waals surface area contributed by atoms with E-state index in [4.69, 9.17) is 5.26 Å². The van der Waals surface area contributed by atoms with E-state index in [2.05, 4.69) is 5.32 Å². The molecule has 0 heterocycles. The zero-order valence-electron chi connectivity index (χ0n) is 10.6. The molecule has 0 bridgehead atoms. The maximum atomic E-state index is 9.90. The Bertz CT molecular complexity index is 384. The fourth-order valence-electron chi connectivity index (χ4n) is 1.72. The van der Waals surface area contributed by atoms with Crippen molar-refractivity contribution in [3.8, 4) is 6.07 Å². The largest absolute Gasteiger partial charge is 0.392 e. The second kappa shape index (κ2) is 7.83. The van der Waals surface area contributed by atoms with Crippen molar-refractivity contribution in [1.82, 2.24) is 5.32 Å². The monoisotopic (exact) mass is 248 g/mol. The number of rotatable bonds is 7. The Balaban J connectivity index is 2.36. The SMILES string of the molecule is CCCC(O)CNCC(O)c1ccc(C#N)cc1. The van der Waals surface area contributed by atoms with Gasteiger partial charge in [-0.2, -0.15) is 5.26 Å². The van der Waals surface area contributed by atoms with Gasteiger partial charge in [0.25, 0.3) is 0 Å². The van der Waals surface area contributed by atoms with Crippen LogP contribution in [0, 0.1) is 11.3 Å². The summed E-state index contributed by atoms with van der Waals surface area (Å²) >= 11 is 0. The van der Waals surface area contributed by atoms with Crippen LogP contribution in [0.3, 0.4) is 0 Å². The van der Waals surface area contributed by atoms with Gasteiger partial charge in [0.05, 0.1) is 23.8 Å². The predicted octanol–water partition coefficient (Wildman–Crippen LogP) is 1.34. The molecule has 0 saturated carbocycles. The van der Waals surface area contributed by atoms with Crippen molar-refractivity contribution in [3.05, 3.63) is 35.4 Å². The Hall–Kier alpha value is -1.41. The molecule has 0 aliphatic rings. The van der Waals surface area contributed by atoms with Crippen LogP contribution in [0.1, 0.15) is 37.0 Å². The van der Waals surface area contributed by atoms with E-state index in [-0.39, 0.29) is 6.10 Å². The quantitative estimate of drug-likeness (QED) is 0.680. The highest BCUT2D eigenvalue weighted by Crippen LogP contribution is 2.12. The normalized spacial score (nSPS) is 13.9. The number of hydrogen-bond acceptors (Lipinski definition) is 4. The number of nitrogens with zero attached hydrogens (tertiary/aromatic N) is 1. The van der Waals surface area contributed by atoms with Crippen LogP contribution in [0.2, 0.25) is 0 Å². The van der Waals surface area contributed by atoms with Gasteiger partial charge in [0, 0.05) is 13.1 Å². The van der Waals surface area contributed by atoms with E-state index in [0.717, 1.165) is 18.4 Å². The first kappa shape index (κ1) is 14.7. The summed E-state index contributed by atoms with van der Waals surface area (Å²) in [6.07, 6.45) is 0.732. The smallest absolute Gasteiger partial charge is 0.0991 e. The third-order valence-electron chi connectivity index (χ3n) is 2.76. The highest BCUT2D eigenvalue weighted by molar-refractivity contribution is 5.32. The Kier molecular flexibility index (Phi) is 6.37. The first-order chi connectivity index (χ1) is 8.67. The van der Waals surface area contributed by atoms with Crippen molar-refractivity contribution < 1.29 is 10.2 Å². The van der Waals surface area contributed by atoms with E-state index in [1.54, 1.807) is 24.3 Å². The molecule has 18 heavy (non-hydrogen) atoms. The molecule has 2 unspecified atom stereocenters.